The number of carboxylic acids is 2. The monoisotopic (exact) mass is 448 g/mol. The lowest BCUT2D eigenvalue weighted by molar-refractivity contribution is -0.137. The molecule has 0 amide bonds. The van der Waals surface area contributed by atoms with E-state index in [2.05, 4.69) is 9.97 Å². The van der Waals surface area contributed by atoms with E-state index in [0.717, 1.165) is 0 Å². The summed E-state index contributed by atoms with van der Waals surface area (Å²) in [5, 5.41) is 18.6. The average Bonchev–Trinajstić information content (AvgIpc) is 3.18. The van der Waals surface area contributed by atoms with E-state index in [9.17, 15) is 29.4 Å². The number of rotatable bonds is 11. The Balaban J connectivity index is 2.41. The maximum absolute atomic E-state index is 12.2. The summed E-state index contributed by atoms with van der Waals surface area (Å²) >= 11 is 0. The number of aryl methyl sites for hydroxylation is 2. The number of hydrogen-bond donors (Lipinski definition) is 4. The second-order valence-electron chi connectivity index (χ2n) is 7.25. The summed E-state index contributed by atoms with van der Waals surface area (Å²) in [6.45, 7) is 7.01. The van der Waals surface area contributed by atoms with Gasteiger partial charge in [0.05, 0.1) is 26.1 Å². The first-order valence-electron chi connectivity index (χ1n) is 10.3. The van der Waals surface area contributed by atoms with Crippen LogP contribution in [0.1, 0.15) is 68.5 Å². The lowest BCUT2D eigenvalue weighted by Crippen LogP contribution is -2.07. The molecule has 4 N–H and O–H groups in total. The Labute approximate surface area is 184 Å². The highest BCUT2D eigenvalue weighted by molar-refractivity contribution is 5.91. The van der Waals surface area contributed by atoms with Crippen molar-refractivity contribution >= 4 is 23.9 Å². The van der Waals surface area contributed by atoms with Gasteiger partial charge in [-0.2, -0.15) is 0 Å². The second kappa shape index (κ2) is 10.7. The van der Waals surface area contributed by atoms with Crippen LogP contribution in [0, 0.1) is 13.8 Å². The summed E-state index contributed by atoms with van der Waals surface area (Å²) in [4.78, 5) is 53.1. The van der Waals surface area contributed by atoms with Crippen LogP contribution >= 0.6 is 0 Å². The summed E-state index contributed by atoms with van der Waals surface area (Å²) < 4.78 is 10.1. The molecule has 0 saturated carbocycles. The third-order valence-electron chi connectivity index (χ3n) is 5.18. The summed E-state index contributed by atoms with van der Waals surface area (Å²) in [6.07, 6.45) is 0.0170. The average molecular weight is 448 g/mol. The predicted octanol–water partition coefficient (Wildman–Crippen LogP) is 2.35. The molecule has 32 heavy (non-hydrogen) atoms. The van der Waals surface area contributed by atoms with Gasteiger partial charge in [-0.3, -0.25) is 9.59 Å². The Morgan fingerprint density at radius 2 is 1.06 bits per heavy atom. The molecule has 0 aromatic carbocycles. The summed E-state index contributed by atoms with van der Waals surface area (Å²) in [5.41, 5.74) is 3.43. The minimum Gasteiger partial charge on any atom is -0.481 e. The lowest BCUT2D eigenvalue weighted by atomic mass is 10.0. The van der Waals surface area contributed by atoms with E-state index in [1.165, 1.54) is 0 Å². The third kappa shape index (κ3) is 5.57. The molecule has 0 radical (unpaired) electrons. The topological polar surface area (TPSA) is 159 Å². The van der Waals surface area contributed by atoms with Gasteiger partial charge in [-0.1, -0.05) is 0 Å². The number of aromatic amines is 2. The molecule has 0 aliphatic heterocycles. The highest BCUT2D eigenvalue weighted by atomic mass is 16.5. The number of aromatic nitrogens is 2. The third-order valence-corrected chi connectivity index (χ3v) is 5.18. The predicted molar refractivity (Wildman–Crippen MR) is 113 cm³/mol. The van der Waals surface area contributed by atoms with E-state index in [4.69, 9.17) is 9.47 Å². The maximum Gasteiger partial charge on any atom is 0.355 e. The molecule has 0 saturated heterocycles. The lowest BCUT2D eigenvalue weighted by Gasteiger charge is -2.05. The summed E-state index contributed by atoms with van der Waals surface area (Å²) in [7, 11) is 0. The van der Waals surface area contributed by atoms with Gasteiger partial charge in [-0.15, -0.1) is 0 Å². The zero-order chi connectivity index (χ0) is 24.0. The molecular weight excluding hydrogens is 420 g/mol. The highest BCUT2D eigenvalue weighted by Crippen LogP contribution is 2.25. The van der Waals surface area contributed by atoms with Gasteiger partial charge in [-0.05, 0) is 62.8 Å². The molecule has 0 bridgehead atoms. The van der Waals surface area contributed by atoms with Crippen LogP contribution < -0.4 is 0 Å². The van der Waals surface area contributed by atoms with Crippen molar-refractivity contribution in [3.8, 4) is 0 Å². The molecule has 0 aliphatic rings. The van der Waals surface area contributed by atoms with Crippen LogP contribution in [0.25, 0.3) is 0 Å². The van der Waals surface area contributed by atoms with Crippen LogP contribution in [0.2, 0.25) is 0 Å². The molecule has 2 aromatic heterocycles. The fourth-order valence-corrected chi connectivity index (χ4v) is 3.67. The Hall–Kier alpha value is -3.56. The second-order valence-corrected chi connectivity index (χ2v) is 7.25. The zero-order valence-corrected chi connectivity index (χ0v) is 18.6. The van der Waals surface area contributed by atoms with Crippen LogP contribution in [0.3, 0.4) is 0 Å². The molecule has 174 valence electrons. The number of nitrogens with one attached hydrogen (secondary N) is 2. The van der Waals surface area contributed by atoms with Crippen molar-refractivity contribution < 1.29 is 38.9 Å². The number of ether oxygens (including phenoxy) is 2. The van der Waals surface area contributed by atoms with E-state index in [1.807, 2.05) is 0 Å². The van der Waals surface area contributed by atoms with Crippen molar-refractivity contribution in [3.63, 3.8) is 0 Å². The molecule has 10 nitrogen and oxygen atoms in total. The first-order chi connectivity index (χ1) is 15.1. The van der Waals surface area contributed by atoms with Crippen LogP contribution in [0.4, 0.5) is 0 Å². The minimum absolute atomic E-state index is 0.178. The number of esters is 2. The van der Waals surface area contributed by atoms with Crippen molar-refractivity contribution in [3.05, 3.63) is 45.0 Å². The molecule has 2 rings (SSSR count). The van der Waals surface area contributed by atoms with E-state index in [1.54, 1.807) is 27.7 Å². The molecule has 0 aliphatic carbocycles. The number of aliphatic carboxylic acids is 2. The van der Waals surface area contributed by atoms with Crippen molar-refractivity contribution in [1.82, 2.24) is 9.97 Å². The molecule has 2 heterocycles. The number of carboxylic acid groups (broad SMARTS) is 2. The minimum atomic E-state index is -1.05. The van der Waals surface area contributed by atoms with Crippen LogP contribution in [0.15, 0.2) is 0 Å². The molecule has 10 heteroatoms. The Bertz CT molecular complexity index is 949. The Kier molecular flexibility index (Phi) is 8.22. The van der Waals surface area contributed by atoms with Crippen molar-refractivity contribution in [2.24, 2.45) is 0 Å². The molecule has 0 atom stereocenters. The molecule has 0 spiro atoms. The summed E-state index contributed by atoms with van der Waals surface area (Å²) in [6, 6.07) is 0. The van der Waals surface area contributed by atoms with Gasteiger partial charge in [0.15, 0.2) is 0 Å². The fourth-order valence-electron chi connectivity index (χ4n) is 3.67. The van der Waals surface area contributed by atoms with Gasteiger partial charge in [0.25, 0.3) is 0 Å². The molecule has 0 unspecified atom stereocenters. The van der Waals surface area contributed by atoms with E-state index in [0.29, 0.717) is 33.6 Å². The van der Waals surface area contributed by atoms with Gasteiger partial charge in [0, 0.05) is 11.4 Å². The van der Waals surface area contributed by atoms with Crippen molar-refractivity contribution in [1.29, 1.82) is 0 Å². The van der Waals surface area contributed by atoms with E-state index >= 15 is 0 Å². The number of hydrogen-bond acceptors (Lipinski definition) is 6. The SMILES string of the molecule is CCOC(=O)c1[nH]c(CCc2[nH]c(C(=O)OCC)c(C)c2CC(=O)O)c(CC(=O)O)c1C. The largest absolute Gasteiger partial charge is 0.481 e. The summed E-state index contributed by atoms with van der Waals surface area (Å²) in [5.74, 6) is -3.24. The molecular formula is C22H28N2O8. The Morgan fingerprint density at radius 1 is 0.719 bits per heavy atom. The van der Waals surface area contributed by atoms with Gasteiger partial charge >= 0.3 is 23.9 Å². The van der Waals surface area contributed by atoms with E-state index < -0.39 is 23.9 Å². The molecule has 0 fully saturated rings. The smallest absolute Gasteiger partial charge is 0.355 e. The van der Waals surface area contributed by atoms with Gasteiger partial charge in [0.2, 0.25) is 0 Å². The van der Waals surface area contributed by atoms with E-state index in [-0.39, 0.29) is 50.3 Å². The number of H-pyrrole nitrogens is 2. The van der Waals surface area contributed by atoms with Crippen LogP contribution in [-0.4, -0.2) is 57.3 Å². The first kappa shape index (κ1) is 24.7. The normalized spacial score (nSPS) is 10.8. The highest BCUT2D eigenvalue weighted by Gasteiger charge is 2.24. The van der Waals surface area contributed by atoms with Crippen molar-refractivity contribution in [2.75, 3.05) is 13.2 Å². The fraction of sp³-hybridized carbons (Fsp3) is 0.455. The quantitative estimate of drug-likeness (QED) is 0.381. The number of carbonyl (C=O) groups is 4. The van der Waals surface area contributed by atoms with Crippen LogP contribution in [0.5, 0.6) is 0 Å². The Morgan fingerprint density at radius 3 is 1.34 bits per heavy atom. The standard InChI is InChI=1S/C22H28N2O8/c1-5-31-21(29)19-11(3)13(9-17(25)26)15(23-19)7-8-16-14(10-18(27)28)12(4)20(24-16)22(30)32-6-2/h23-24H,5-10H2,1-4H3,(H,25,26)(H,27,28). The maximum atomic E-state index is 12.2. The van der Waals surface area contributed by atoms with Crippen LogP contribution in [-0.2, 0) is 44.7 Å². The van der Waals surface area contributed by atoms with Gasteiger partial charge in [0.1, 0.15) is 11.4 Å². The first-order valence-corrected chi connectivity index (χ1v) is 10.3. The van der Waals surface area contributed by atoms with Crippen molar-refractivity contribution in [2.45, 2.75) is 53.4 Å². The number of carbonyl (C=O) groups excluding carboxylic acids is 2. The molecule has 2 aromatic rings. The van der Waals surface area contributed by atoms with Gasteiger partial charge < -0.3 is 29.7 Å². The zero-order valence-electron chi connectivity index (χ0n) is 18.6. The van der Waals surface area contributed by atoms with Gasteiger partial charge in [-0.25, -0.2) is 9.59 Å².